The molecular formula is C10H7F3N4O4S. The molecule has 0 amide bonds. The number of rotatable bonds is 3. The maximum atomic E-state index is 12.6. The van der Waals surface area contributed by atoms with Crippen LogP contribution in [0.2, 0.25) is 0 Å². The second-order valence-corrected chi connectivity index (χ2v) is 5.39. The van der Waals surface area contributed by atoms with Gasteiger partial charge in [0.05, 0.1) is 10.6 Å². The molecule has 0 spiro atoms. The number of hydrogen-bond acceptors (Lipinski definition) is 5. The highest BCUT2D eigenvalue weighted by molar-refractivity contribution is 7.85. The van der Waals surface area contributed by atoms with Crippen molar-refractivity contribution in [2.24, 2.45) is 10.2 Å². The van der Waals surface area contributed by atoms with E-state index in [0.29, 0.717) is 0 Å². The van der Waals surface area contributed by atoms with Crippen molar-refractivity contribution < 1.29 is 26.1 Å². The fraction of sp³-hybridized carbons (Fsp3) is 0.100. The summed E-state index contributed by atoms with van der Waals surface area (Å²) < 4.78 is 68.2. The monoisotopic (exact) mass is 336 g/mol. The molecule has 3 N–H and O–H groups in total. The smallest absolute Gasteiger partial charge is 0.292 e. The Labute approximate surface area is 120 Å². The summed E-state index contributed by atoms with van der Waals surface area (Å²) in [5.41, 5.74) is -3.45. The molecule has 0 aliphatic carbocycles. The molecule has 0 aliphatic rings. The number of aromatic amines is 2. The molecule has 2 aromatic rings. The Kier molecular flexibility index (Phi) is 3.89. The molecule has 0 saturated carbocycles. The van der Waals surface area contributed by atoms with Gasteiger partial charge in [-0.3, -0.25) is 19.5 Å². The van der Waals surface area contributed by atoms with Crippen LogP contribution in [0.5, 0.6) is 0 Å². The summed E-state index contributed by atoms with van der Waals surface area (Å²) in [4.78, 5) is 10.8. The highest BCUT2D eigenvalue weighted by Gasteiger charge is 2.37. The van der Waals surface area contributed by atoms with Crippen LogP contribution in [0.4, 0.5) is 24.5 Å². The van der Waals surface area contributed by atoms with Crippen molar-refractivity contribution >= 4 is 21.5 Å². The van der Waals surface area contributed by atoms with Gasteiger partial charge in [0.25, 0.3) is 15.7 Å². The van der Waals surface area contributed by atoms with Crippen molar-refractivity contribution in [3.05, 3.63) is 40.3 Å². The topological polar surface area (TPSA) is 128 Å². The quantitative estimate of drug-likeness (QED) is 0.587. The first-order chi connectivity index (χ1) is 10.1. The Morgan fingerprint density at radius 2 is 1.64 bits per heavy atom. The van der Waals surface area contributed by atoms with Crippen molar-refractivity contribution in [1.82, 2.24) is 10.2 Å². The van der Waals surface area contributed by atoms with Crippen LogP contribution in [0.15, 0.2) is 44.2 Å². The average molecular weight is 336 g/mol. The minimum Gasteiger partial charge on any atom is -0.292 e. The van der Waals surface area contributed by atoms with Crippen LogP contribution in [-0.4, -0.2) is 23.2 Å². The van der Waals surface area contributed by atoms with E-state index in [2.05, 4.69) is 10.2 Å². The van der Waals surface area contributed by atoms with Gasteiger partial charge >= 0.3 is 6.18 Å². The van der Waals surface area contributed by atoms with Crippen LogP contribution < -0.4 is 5.56 Å². The summed E-state index contributed by atoms with van der Waals surface area (Å²) in [7, 11) is -4.39. The number of halogens is 3. The molecule has 0 aliphatic heterocycles. The van der Waals surface area contributed by atoms with Gasteiger partial charge in [0.1, 0.15) is 0 Å². The first-order valence-corrected chi connectivity index (χ1v) is 6.90. The van der Waals surface area contributed by atoms with Gasteiger partial charge in [-0.25, -0.2) is 0 Å². The van der Waals surface area contributed by atoms with Crippen LogP contribution in [0.25, 0.3) is 0 Å². The molecule has 0 bridgehead atoms. The minimum absolute atomic E-state index is 0.0128. The summed E-state index contributed by atoms with van der Waals surface area (Å²) in [5, 5.41) is 10.0. The zero-order valence-electron chi connectivity index (χ0n) is 10.4. The van der Waals surface area contributed by atoms with Gasteiger partial charge in [0, 0.05) is 0 Å². The van der Waals surface area contributed by atoms with E-state index in [-0.39, 0.29) is 5.69 Å². The normalized spacial score (nSPS) is 12.9. The molecule has 1 aromatic carbocycles. The van der Waals surface area contributed by atoms with Crippen LogP contribution in [0, 0.1) is 0 Å². The lowest BCUT2D eigenvalue weighted by Crippen LogP contribution is -2.06. The van der Waals surface area contributed by atoms with Crippen molar-refractivity contribution in [1.29, 1.82) is 0 Å². The number of hydrogen-bond donors (Lipinski definition) is 3. The molecule has 8 nitrogen and oxygen atoms in total. The fourth-order valence-electron chi connectivity index (χ4n) is 1.44. The minimum atomic E-state index is -4.82. The zero-order valence-corrected chi connectivity index (χ0v) is 11.2. The van der Waals surface area contributed by atoms with E-state index in [4.69, 9.17) is 4.55 Å². The molecule has 22 heavy (non-hydrogen) atoms. The Morgan fingerprint density at radius 1 is 1.05 bits per heavy atom. The molecule has 0 atom stereocenters. The lowest BCUT2D eigenvalue weighted by molar-refractivity contribution is -0.140. The van der Waals surface area contributed by atoms with E-state index in [1.807, 2.05) is 0 Å². The highest BCUT2D eigenvalue weighted by Crippen LogP contribution is 2.33. The Balaban J connectivity index is 2.34. The second-order valence-electron chi connectivity index (χ2n) is 3.97. The van der Waals surface area contributed by atoms with Gasteiger partial charge in [-0.1, -0.05) is 0 Å². The summed E-state index contributed by atoms with van der Waals surface area (Å²) >= 11 is 0. The molecule has 118 valence electrons. The number of alkyl halides is 3. The fourth-order valence-corrected chi connectivity index (χ4v) is 1.92. The Morgan fingerprint density at radius 3 is 2.14 bits per heavy atom. The van der Waals surface area contributed by atoms with Gasteiger partial charge in [-0.2, -0.15) is 26.7 Å². The number of nitrogens with zero attached hydrogens (tertiary/aromatic N) is 2. The molecule has 0 saturated heterocycles. The Bertz CT molecular complexity index is 865. The second kappa shape index (κ2) is 5.38. The first kappa shape index (κ1) is 15.9. The lowest BCUT2D eigenvalue weighted by atomic mass is 10.3. The first-order valence-electron chi connectivity index (χ1n) is 5.46. The molecule has 0 unspecified atom stereocenters. The molecule has 12 heteroatoms. The number of aromatic nitrogens is 2. The van der Waals surface area contributed by atoms with Gasteiger partial charge in [-0.05, 0) is 24.3 Å². The van der Waals surface area contributed by atoms with Crippen LogP contribution in [0.3, 0.4) is 0 Å². The molecular weight excluding hydrogens is 329 g/mol. The van der Waals surface area contributed by atoms with Crippen molar-refractivity contribution in [3.8, 4) is 0 Å². The summed E-state index contributed by atoms with van der Waals surface area (Å²) in [6.45, 7) is 0. The largest absolute Gasteiger partial charge is 0.435 e. The zero-order chi connectivity index (χ0) is 16.5. The lowest BCUT2D eigenvalue weighted by Gasteiger charge is -2.02. The van der Waals surface area contributed by atoms with Crippen molar-refractivity contribution in [3.63, 3.8) is 0 Å². The van der Waals surface area contributed by atoms with Gasteiger partial charge < -0.3 is 0 Å². The van der Waals surface area contributed by atoms with Crippen LogP contribution >= 0.6 is 0 Å². The van der Waals surface area contributed by atoms with Gasteiger partial charge in [0.15, 0.2) is 11.4 Å². The SMILES string of the molecule is O=c1[nH][nH]c(C(F)(F)F)c1N=Nc1ccc(S(=O)(=O)O)cc1. The van der Waals surface area contributed by atoms with E-state index in [0.717, 1.165) is 24.3 Å². The maximum Gasteiger partial charge on any atom is 0.435 e. The molecule has 1 aromatic heterocycles. The number of azo groups is 1. The Hall–Kier alpha value is -2.47. The van der Waals surface area contributed by atoms with E-state index >= 15 is 0 Å². The number of nitrogens with one attached hydrogen (secondary N) is 2. The predicted molar refractivity (Wildman–Crippen MR) is 66.8 cm³/mol. The molecule has 0 fully saturated rings. The third kappa shape index (κ3) is 3.40. The van der Waals surface area contributed by atoms with Crippen LogP contribution in [-0.2, 0) is 16.3 Å². The summed E-state index contributed by atoms with van der Waals surface area (Å²) in [6, 6.07) is 4.16. The van der Waals surface area contributed by atoms with Crippen LogP contribution in [0.1, 0.15) is 5.69 Å². The van der Waals surface area contributed by atoms with Gasteiger partial charge in [-0.15, -0.1) is 5.11 Å². The average Bonchev–Trinajstić information content (AvgIpc) is 2.77. The van der Waals surface area contributed by atoms with Gasteiger partial charge in [0.2, 0.25) is 0 Å². The molecule has 2 rings (SSSR count). The third-order valence-electron chi connectivity index (χ3n) is 2.44. The van der Waals surface area contributed by atoms with E-state index < -0.39 is 38.1 Å². The van der Waals surface area contributed by atoms with E-state index in [9.17, 15) is 26.4 Å². The summed E-state index contributed by atoms with van der Waals surface area (Å²) in [6.07, 6.45) is -4.82. The van der Waals surface area contributed by atoms with Crippen molar-refractivity contribution in [2.75, 3.05) is 0 Å². The number of benzene rings is 1. The number of H-pyrrole nitrogens is 2. The molecule has 1 heterocycles. The predicted octanol–water partition coefficient (Wildman–Crippen LogP) is 2.38. The highest BCUT2D eigenvalue weighted by atomic mass is 32.2. The van der Waals surface area contributed by atoms with E-state index in [1.54, 1.807) is 10.2 Å². The molecule has 0 radical (unpaired) electrons. The van der Waals surface area contributed by atoms with Crippen molar-refractivity contribution in [2.45, 2.75) is 11.1 Å². The standard InChI is InChI=1S/C10H7F3N4O4S/c11-10(12,13)8-7(9(18)17-16-8)15-14-5-1-3-6(4-2-5)22(19,20)21/h1-4H,(H2,16,17,18)(H,19,20,21). The third-order valence-corrected chi connectivity index (χ3v) is 3.30. The maximum absolute atomic E-state index is 12.6. The summed E-state index contributed by atoms with van der Waals surface area (Å²) in [5.74, 6) is 0. The van der Waals surface area contributed by atoms with E-state index in [1.165, 1.54) is 0 Å².